The third-order valence-corrected chi connectivity index (χ3v) is 2.36. The van der Waals surface area contributed by atoms with E-state index < -0.39 is 11.7 Å². The van der Waals surface area contributed by atoms with E-state index in [2.05, 4.69) is 4.98 Å². The number of aliphatic hydroxyl groups is 1. The Kier molecular flexibility index (Phi) is 3.38. The Bertz CT molecular complexity index is 534. The summed E-state index contributed by atoms with van der Waals surface area (Å²) >= 11 is 0. The van der Waals surface area contributed by atoms with Crippen LogP contribution < -0.4 is 0 Å². The Hall–Kier alpha value is -1.82. The molecule has 0 unspecified atom stereocenters. The second kappa shape index (κ2) is 4.81. The predicted molar refractivity (Wildman–Crippen MR) is 57.7 cm³/mol. The van der Waals surface area contributed by atoms with Gasteiger partial charge >= 0.3 is 6.18 Å². The van der Waals surface area contributed by atoms with Gasteiger partial charge in [-0.2, -0.15) is 13.2 Å². The Morgan fingerprint density at radius 3 is 2.72 bits per heavy atom. The van der Waals surface area contributed by atoms with E-state index in [1.807, 2.05) is 0 Å². The zero-order chi connectivity index (χ0) is 13.2. The number of aromatic nitrogens is 1. The number of alkyl halides is 3. The topological polar surface area (TPSA) is 46.3 Å². The number of hydrogen-bond acceptors (Lipinski definition) is 3. The van der Waals surface area contributed by atoms with Gasteiger partial charge < -0.3 is 9.52 Å². The molecule has 0 bridgehead atoms. The Balaban J connectivity index is 2.32. The SMILES string of the molecule is OCCc1coc(-c2cccc(C(F)(F)F)c2)n1. The highest BCUT2D eigenvalue weighted by molar-refractivity contribution is 5.54. The average molecular weight is 257 g/mol. The van der Waals surface area contributed by atoms with Crippen LogP contribution in [0.3, 0.4) is 0 Å². The second-order valence-electron chi connectivity index (χ2n) is 3.70. The number of hydrogen-bond donors (Lipinski definition) is 1. The minimum absolute atomic E-state index is 0.0887. The van der Waals surface area contributed by atoms with Crippen LogP contribution in [-0.4, -0.2) is 16.7 Å². The third kappa shape index (κ3) is 2.70. The van der Waals surface area contributed by atoms with E-state index in [1.54, 1.807) is 0 Å². The van der Waals surface area contributed by atoms with Gasteiger partial charge in [-0.3, -0.25) is 0 Å². The summed E-state index contributed by atoms with van der Waals surface area (Å²) < 4.78 is 42.7. The summed E-state index contributed by atoms with van der Waals surface area (Å²) in [6.07, 6.45) is -2.76. The summed E-state index contributed by atoms with van der Waals surface area (Å²) in [7, 11) is 0. The number of nitrogens with zero attached hydrogens (tertiary/aromatic N) is 1. The zero-order valence-corrected chi connectivity index (χ0v) is 9.24. The van der Waals surface area contributed by atoms with Gasteiger partial charge in [0, 0.05) is 18.6 Å². The van der Waals surface area contributed by atoms with Crippen molar-refractivity contribution in [3.05, 3.63) is 41.8 Å². The highest BCUT2D eigenvalue weighted by atomic mass is 19.4. The van der Waals surface area contributed by atoms with Gasteiger partial charge in [0.15, 0.2) is 0 Å². The first-order valence-corrected chi connectivity index (χ1v) is 5.23. The van der Waals surface area contributed by atoms with Crippen molar-refractivity contribution in [2.75, 3.05) is 6.61 Å². The molecule has 0 aliphatic rings. The molecule has 1 heterocycles. The lowest BCUT2D eigenvalue weighted by Gasteiger charge is -2.06. The van der Waals surface area contributed by atoms with Crippen LogP contribution in [0.5, 0.6) is 0 Å². The lowest BCUT2D eigenvalue weighted by molar-refractivity contribution is -0.137. The maximum Gasteiger partial charge on any atom is 0.416 e. The molecule has 0 aliphatic carbocycles. The number of rotatable bonds is 3. The normalized spacial score (nSPS) is 11.8. The first-order chi connectivity index (χ1) is 8.50. The molecule has 0 spiro atoms. The molecule has 18 heavy (non-hydrogen) atoms. The van der Waals surface area contributed by atoms with E-state index >= 15 is 0 Å². The number of halogens is 3. The van der Waals surface area contributed by atoms with E-state index in [4.69, 9.17) is 9.52 Å². The van der Waals surface area contributed by atoms with Gasteiger partial charge in [-0.1, -0.05) is 6.07 Å². The fraction of sp³-hybridized carbons (Fsp3) is 0.250. The van der Waals surface area contributed by atoms with Gasteiger partial charge in [0.05, 0.1) is 11.3 Å². The Labute approximate surface area is 101 Å². The minimum atomic E-state index is -4.39. The molecule has 0 aliphatic heterocycles. The summed E-state index contributed by atoms with van der Waals surface area (Å²) in [5.74, 6) is 0.115. The van der Waals surface area contributed by atoms with E-state index in [0.29, 0.717) is 12.1 Å². The van der Waals surface area contributed by atoms with Crippen molar-refractivity contribution in [3.63, 3.8) is 0 Å². The Morgan fingerprint density at radius 1 is 1.28 bits per heavy atom. The van der Waals surface area contributed by atoms with Crippen molar-refractivity contribution >= 4 is 0 Å². The molecule has 0 amide bonds. The van der Waals surface area contributed by atoms with Gasteiger partial charge in [-0.15, -0.1) is 0 Å². The van der Waals surface area contributed by atoms with E-state index in [9.17, 15) is 13.2 Å². The van der Waals surface area contributed by atoms with Gasteiger partial charge in [0.1, 0.15) is 6.26 Å². The van der Waals surface area contributed by atoms with Crippen LogP contribution in [0.25, 0.3) is 11.5 Å². The highest BCUT2D eigenvalue weighted by Crippen LogP contribution is 2.31. The molecule has 6 heteroatoms. The van der Waals surface area contributed by atoms with Gasteiger partial charge in [-0.25, -0.2) is 4.98 Å². The fourth-order valence-corrected chi connectivity index (χ4v) is 1.50. The monoisotopic (exact) mass is 257 g/mol. The summed E-state index contributed by atoms with van der Waals surface area (Å²) in [5.41, 5.74) is 0.0147. The van der Waals surface area contributed by atoms with Crippen molar-refractivity contribution in [2.45, 2.75) is 12.6 Å². The van der Waals surface area contributed by atoms with Crippen molar-refractivity contribution in [1.29, 1.82) is 0 Å². The largest absolute Gasteiger partial charge is 0.444 e. The van der Waals surface area contributed by atoms with Crippen molar-refractivity contribution in [2.24, 2.45) is 0 Å². The molecular formula is C12H10F3NO2. The zero-order valence-electron chi connectivity index (χ0n) is 9.24. The van der Waals surface area contributed by atoms with Crippen LogP contribution in [0.2, 0.25) is 0 Å². The number of oxazole rings is 1. The molecule has 0 saturated heterocycles. The summed E-state index contributed by atoms with van der Waals surface area (Å²) in [6.45, 7) is -0.0887. The molecule has 3 nitrogen and oxygen atoms in total. The van der Waals surface area contributed by atoms with Crippen LogP contribution >= 0.6 is 0 Å². The molecule has 1 aromatic heterocycles. The van der Waals surface area contributed by atoms with Gasteiger partial charge in [0.2, 0.25) is 5.89 Å². The highest BCUT2D eigenvalue weighted by Gasteiger charge is 2.30. The smallest absolute Gasteiger partial charge is 0.416 e. The standard InChI is InChI=1S/C12H10F3NO2/c13-12(14,15)9-3-1-2-8(6-9)11-16-10(4-5-17)7-18-11/h1-3,6-7,17H,4-5H2. The van der Waals surface area contributed by atoms with Crippen LogP contribution in [-0.2, 0) is 12.6 Å². The second-order valence-corrected chi connectivity index (χ2v) is 3.70. The van der Waals surface area contributed by atoms with Crippen molar-refractivity contribution < 1.29 is 22.7 Å². The van der Waals surface area contributed by atoms with Gasteiger partial charge in [-0.05, 0) is 18.2 Å². The molecule has 2 rings (SSSR count). The lowest BCUT2D eigenvalue weighted by atomic mass is 10.1. The predicted octanol–water partition coefficient (Wildman–Crippen LogP) is 2.90. The van der Waals surface area contributed by atoms with Crippen LogP contribution in [0.4, 0.5) is 13.2 Å². The van der Waals surface area contributed by atoms with Crippen molar-refractivity contribution in [1.82, 2.24) is 4.98 Å². The molecular weight excluding hydrogens is 247 g/mol. The van der Waals surface area contributed by atoms with Crippen LogP contribution in [0, 0.1) is 0 Å². The molecule has 96 valence electrons. The van der Waals surface area contributed by atoms with Crippen molar-refractivity contribution in [3.8, 4) is 11.5 Å². The molecule has 0 atom stereocenters. The molecule has 0 saturated carbocycles. The molecule has 2 aromatic rings. The third-order valence-electron chi connectivity index (χ3n) is 2.36. The average Bonchev–Trinajstić information content (AvgIpc) is 2.77. The van der Waals surface area contributed by atoms with Gasteiger partial charge in [0.25, 0.3) is 0 Å². The maximum atomic E-state index is 12.5. The first kappa shape index (κ1) is 12.6. The maximum absolute atomic E-state index is 12.5. The Morgan fingerprint density at radius 2 is 2.06 bits per heavy atom. The summed E-state index contributed by atoms with van der Waals surface area (Å²) in [5, 5.41) is 8.72. The van der Waals surface area contributed by atoms with E-state index in [-0.39, 0.29) is 18.1 Å². The van der Waals surface area contributed by atoms with Crippen LogP contribution in [0.15, 0.2) is 34.9 Å². The summed E-state index contributed by atoms with van der Waals surface area (Å²) in [6, 6.07) is 4.76. The molecule has 0 radical (unpaired) electrons. The van der Waals surface area contributed by atoms with E-state index in [0.717, 1.165) is 12.1 Å². The minimum Gasteiger partial charge on any atom is -0.444 e. The van der Waals surface area contributed by atoms with Crippen LogP contribution in [0.1, 0.15) is 11.3 Å². The lowest BCUT2D eigenvalue weighted by Crippen LogP contribution is -2.04. The summed E-state index contributed by atoms with van der Waals surface area (Å²) in [4.78, 5) is 4.00. The number of benzene rings is 1. The molecule has 1 aromatic carbocycles. The van der Waals surface area contributed by atoms with E-state index in [1.165, 1.54) is 18.4 Å². The molecule has 0 fully saturated rings. The fourth-order valence-electron chi connectivity index (χ4n) is 1.50. The first-order valence-electron chi connectivity index (χ1n) is 5.23. The quantitative estimate of drug-likeness (QED) is 0.919. The number of aliphatic hydroxyl groups excluding tert-OH is 1. The molecule has 1 N–H and O–H groups in total.